The molecule has 0 heterocycles. The van der Waals surface area contributed by atoms with Gasteiger partial charge in [-0.25, -0.2) is 4.39 Å². The summed E-state index contributed by atoms with van der Waals surface area (Å²) < 4.78 is 17.9. The van der Waals surface area contributed by atoms with E-state index in [2.05, 4.69) is 0 Å². The summed E-state index contributed by atoms with van der Waals surface area (Å²) in [5.74, 6) is 0.149. The molecule has 0 radical (unpaired) electrons. The van der Waals surface area contributed by atoms with Gasteiger partial charge in [0.1, 0.15) is 18.2 Å². The molecule has 0 spiro atoms. The Morgan fingerprint density at radius 2 is 2.36 bits per heavy atom. The molecule has 0 fully saturated rings. The number of amides is 1. The number of hydrogen-bond acceptors (Lipinski definition) is 2. The second-order valence-corrected chi connectivity index (χ2v) is 2.89. The van der Waals surface area contributed by atoms with Crippen LogP contribution in [0.15, 0.2) is 24.3 Å². The number of benzene rings is 1. The second-order valence-electron chi connectivity index (χ2n) is 2.89. The van der Waals surface area contributed by atoms with Crippen LogP contribution in [-0.4, -0.2) is 31.5 Å². The third-order valence-corrected chi connectivity index (χ3v) is 1.69. The maximum Gasteiger partial charge on any atom is 0.209 e. The number of halogens is 1. The highest BCUT2D eigenvalue weighted by molar-refractivity contribution is 5.46. The quantitative estimate of drug-likeness (QED) is 0.666. The molecule has 0 saturated carbocycles. The van der Waals surface area contributed by atoms with E-state index in [9.17, 15) is 9.18 Å². The van der Waals surface area contributed by atoms with Crippen LogP contribution in [0.4, 0.5) is 4.39 Å². The molecule has 1 rings (SSSR count). The maximum absolute atomic E-state index is 12.7. The molecular weight excluding hydrogens is 185 g/mol. The van der Waals surface area contributed by atoms with E-state index in [-0.39, 0.29) is 5.82 Å². The van der Waals surface area contributed by atoms with Gasteiger partial charge in [0.25, 0.3) is 0 Å². The molecule has 76 valence electrons. The summed E-state index contributed by atoms with van der Waals surface area (Å²) in [5, 5.41) is 0. The van der Waals surface area contributed by atoms with Crippen LogP contribution in [0.5, 0.6) is 5.75 Å². The summed E-state index contributed by atoms with van der Waals surface area (Å²) in [6.45, 7) is 0.846. The number of rotatable bonds is 5. The number of nitrogens with zero attached hydrogens (tertiary/aromatic N) is 1. The van der Waals surface area contributed by atoms with Crippen LogP contribution in [0.1, 0.15) is 0 Å². The Bertz CT molecular complexity index is 304. The van der Waals surface area contributed by atoms with Crippen molar-refractivity contribution in [3.05, 3.63) is 30.1 Å². The van der Waals surface area contributed by atoms with E-state index in [1.165, 1.54) is 17.0 Å². The monoisotopic (exact) mass is 197 g/mol. The third kappa shape index (κ3) is 3.43. The van der Waals surface area contributed by atoms with Crippen molar-refractivity contribution in [3.8, 4) is 5.75 Å². The normalized spacial score (nSPS) is 9.57. The van der Waals surface area contributed by atoms with Gasteiger partial charge < -0.3 is 9.64 Å². The highest BCUT2D eigenvalue weighted by Crippen LogP contribution is 2.11. The summed E-state index contributed by atoms with van der Waals surface area (Å²) in [6, 6.07) is 5.91. The van der Waals surface area contributed by atoms with Gasteiger partial charge in [-0.2, -0.15) is 0 Å². The Morgan fingerprint density at radius 3 is 3.00 bits per heavy atom. The van der Waals surface area contributed by atoms with Crippen molar-refractivity contribution >= 4 is 6.41 Å². The first kappa shape index (κ1) is 10.5. The van der Waals surface area contributed by atoms with Gasteiger partial charge in [0, 0.05) is 13.1 Å². The maximum atomic E-state index is 12.7. The fourth-order valence-corrected chi connectivity index (χ4v) is 0.917. The predicted molar refractivity (Wildman–Crippen MR) is 50.6 cm³/mol. The molecule has 0 aliphatic rings. The third-order valence-electron chi connectivity index (χ3n) is 1.69. The molecule has 1 amide bonds. The largest absolute Gasteiger partial charge is 0.492 e. The van der Waals surface area contributed by atoms with E-state index in [4.69, 9.17) is 4.74 Å². The van der Waals surface area contributed by atoms with Crippen LogP contribution >= 0.6 is 0 Å². The number of likely N-dealkylation sites (N-methyl/N-ethyl adjacent to an activating group) is 1. The summed E-state index contributed by atoms with van der Waals surface area (Å²) in [6.07, 6.45) is 0.717. The van der Waals surface area contributed by atoms with Crippen LogP contribution in [0.3, 0.4) is 0 Å². The van der Waals surface area contributed by atoms with Crippen LogP contribution < -0.4 is 4.74 Å². The molecule has 0 atom stereocenters. The first-order valence-corrected chi connectivity index (χ1v) is 4.26. The van der Waals surface area contributed by atoms with Gasteiger partial charge in [0.05, 0.1) is 6.54 Å². The molecule has 0 N–H and O–H groups in total. The predicted octanol–water partition coefficient (Wildman–Crippen LogP) is 1.29. The zero-order chi connectivity index (χ0) is 10.4. The molecule has 0 bridgehead atoms. The van der Waals surface area contributed by atoms with Crippen molar-refractivity contribution in [2.45, 2.75) is 0 Å². The number of hydrogen-bond donors (Lipinski definition) is 0. The van der Waals surface area contributed by atoms with E-state index >= 15 is 0 Å². The van der Waals surface area contributed by atoms with Gasteiger partial charge in [-0.15, -0.1) is 0 Å². The molecule has 0 saturated heterocycles. The lowest BCUT2D eigenvalue weighted by atomic mass is 10.3. The van der Waals surface area contributed by atoms with Crippen LogP contribution in [0.25, 0.3) is 0 Å². The van der Waals surface area contributed by atoms with Gasteiger partial charge in [0.2, 0.25) is 6.41 Å². The van der Waals surface area contributed by atoms with E-state index < -0.39 is 0 Å². The van der Waals surface area contributed by atoms with E-state index in [0.717, 1.165) is 6.41 Å². The lowest BCUT2D eigenvalue weighted by Crippen LogP contribution is -2.22. The van der Waals surface area contributed by atoms with E-state index in [0.29, 0.717) is 18.9 Å². The molecule has 4 heteroatoms. The first-order chi connectivity index (χ1) is 6.72. The Labute approximate surface area is 82.1 Å². The Kier molecular flexibility index (Phi) is 3.91. The van der Waals surface area contributed by atoms with Crippen molar-refractivity contribution in [2.24, 2.45) is 0 Å². The number of carbonyl (C=O) groups excluding carboxylic acids is 1. The fraction of sp³-hybridized carbons (Fsp3) is 0.300. The SMILES string of the molecule is CN(C=O)CCOc1cccc(F)c1. The van der Waals surface area contributed by atoms with Gasteiger partial charge in [-0.1, -0.05) is 6.07 Å². The molecule has 14 heavy (non-hydrogen) atoms. The van der Waals surface area contributed by atoms with Crippen molar-refractivity contribution < 1.29 is 13.9 Å². The molecule has 0 aromatic heterocycles. The van der Waals surface area contributed by atoms with Gasteiger partial charge in [-0.05, 0) is 12.1 Å². The van der Waals surface area contributed by atoms with Crippen LogP contribution in [0.2, 0.25) is 0 Å². The van der Waals surface area contributed by atoms with Crippen molar-refractivity contribution in [2.75, 3.05) is 20.2 Å². The Morgan fingerprint density at radius 1 is 1.57 bits per heavy atom. The van der Waals surface area contributed by atoms with Gasteiger partial charge in [-0.3, -0.25) is 4.79 Å². The van der Waals surface area contributed by atoms with E-state index in [1.54, 1.807) is 19.2 Å². The summed E-state index contributed by atoms with van der Waals surface area (Å²) >= 11 is 0. The zero-order valence-corrected chi connectivity index (χ0v) is 7.94. The molecule has 1 aromatic carbocycles. The number of carbonyl (C=O) groups is 1. The standard InChI is InChI=1S/C10H12FNO2/c1-12(8-13)5-6-14-10-4-2-3-9(11)7-10/h2-4,7-8H,5-6H2,1H3. The first-order valence-electron chi connectivity index (χ1n) is 4.26. The highest BCUT2D eigenvalue weighted by atomic mass is 19.1. The minimum absolute atomic E-state index is 0.328. The van der Waals surface area contributed by atoms with Gasteiger partial charge >= 0.3 is 0 Å². The minimum atomic E-state index is -0.328. The average Bonchev–Trinajstić information content (AvgIpc) is 2.17. The topological polar surface area (TPSA) is 29.5 Å². The van der Waals surface area contributed by atoms with Crippen molar-refractivity contribution in [1.29, 1.82) is 0 Å². The molecule has 3 nitrogen and oxygen atoms in total. The number of ether oxygens (including phenoxy) is 1. The van der Waals surface area contributed by atoms with Crippen LogP contribution in [0, 0.1) is 5.82 Å². The molecule has 0 aliphatic heterocycles. The molecule has 0 unspecified atom stereocenters. The zero-order valence-electron chi connectivity index (χ0n) is 7.94. The smallest absolute Gasteiger partial charge is 0.209 e. The molecule has 0 aliphatic carbocycles. The minimum Gasteiger partial charge on any atom is -0.492 e. The Hall–Kier alpha value is -1.58. The van der Waals surface area contributed by atoms with E-state index in [1.807, 2.05) is 0 Å². The Balaban J connectivity index is 2.34. The molecule has 1 aromatic rings. The van der Waals surface area contributed by atoms with Crippen molar-refractivity contribution in [1.82, 2.24) is 4.90 Å². The summed E-state index contributed by atoms with van der Waals surface area (Å²) in [4.78, 5) is 11.7. The van der Waals surface area contributed by atoms with Crippen LogP contribution in [-0.2, 0) is 4.79 Å². The van der Waals surface area contributed by atoms with Gasteiger partial charge in [0.15, 0.2) is 0 Å². The fourth-order valence-electron chi connectivity index (χ4n) is 0.917. The summed E-state index contributed by atoms with van der Waals surface area (Å²) in [7, 11) is 1.65. The second kappa shape index (κ2) is 5.21. The highest BCUT2D eigenvalue weighted by Gasteiger charge is 1.97. The lowest BCUT2D eigenvalue weighted by molar-refractivity contribution is -0.117. The molecular formula is C10H12FNO2. The lowest BCUT2D eigenvalue weighted by Gasteiger charge is -2.11. The van der Waals surface area contributed by atoms with Crippen molar-refractivity contribution in [3.63, 3.8) is 0 Å². The summed E-state index contributed by atoms with van der Waals surface area (Å²) in [5.41, 5.74) is 0. The average molecular weight is 197 g/mol.